The molecule has 0 aliphatic heterocycles. The molecule has 0 saturated carbocycles. The van der Waals surface area contributed by atoms with E-state index in [2.05, 4.69) is 4.74 Å². The topological polar surface area (TPSA) is 46.5 Å². The van der Waals surface area contributed by atoms with E-state index in [9.17, 15) is 18.7 Å². The Bertz CT molecular complexity index is 276. The smallest absolute Gasteiger partial charge is 0.380 e. The summed E-state index contributed by atoms with van der Waals surface area (Å²) in [5.74, 6) is -5.54. The van der Waals surface area contributed by atoms with Crippen molar-refractivity contribution in [2.24, 2.45) is 0 Å². The van der Waals surface area contributed by atoms with Crippen molar-refractivity contribution in [3.8, 4) is 0 Å². The fourth-order valence-electron chi connectivity index (χ4n) is 1.51. The number of hydrogen-bond acceptors (Lipinski definition) is 3. The molecule has 0 aromatic heterocycles. The van der Waals surface area contributed by atoms with Gasteiger partial charge in [0.2, 0.25) is 0 Å². The van der Waals surface area contributed by atoms with E-state index in [4.69, 9.17) is 0 Å². The monoisotopic (exact) mass is 220 g/mol. The van der Waals surface area contributed by atoms with Crippen molar-refractivity contribution in [3.05, 3.63) is 12.2 Å². The Hall–Kier alpha value is -0.970. The lowest BCUT2D eigenvalue weighted by Gasteiger charge is -2.33. The van der Waals surface area contributed by atoms with E-state index in [1.807, 2.05) is 0 Å². The molecule has 0 bridgehead atoms. The molecule has 0 spiro atoms. The first kappa shape index (κ1) is 12.1. The van der Waals surface area contributed by atoms with Gasteiger partial charge in [-0.05, 0) is 26.2 Å². The lowest BCUT2D eigenvalue weighted by Crippen LogP contribution is -2.53. The maximum atomic E-state index is 13.5. The van der Waals surface area contributed by atoms with Gasteiger partial charge in [0, 0.05) is 0 Å². The summed E-state index contributed by atoms with van der Waals surface area (Å²) >= 11 is 0. The van der Waals surface area contributed by atoms with Crippen molar-refractivity contribution >= 4 is 5.97 Å². The van der Waals surface area contributed by atoms with Crippen LogP contribution in [0.3, 0.4) is 0 Å². The average molecular weight is 220 g/mol. The molecule has 3 nitrogen and oxygen atoms in total. The fourth-order valence-corrected chi connectivity index (χ4v) is 1.51. The molecule has 0 heterocycles. The Morgan fingerprint density at radius 1 is 1.67 bits per heavy atom. The van der Waals surface area contributed by atoms with Crippen LogP contribution in [-0.4, -0.2) is 29.2 Å². The highest BCUT2D eigenvalue weighted by Crippen LogP contribution is 2.37. The van der Waals surface area contributed by atoms with Crippen molar-refractivity contribution in [2.75, 3.05) is 6.61 Å². The SMILES string of the molecule is CCOC(=O)C(F)(F)C1(O)C=CCCC1. The molecule has 1 unspecified atom stereocenters. The molecule has 1 aliphatic carbocycles. The molecule has 1 rings (SSSR count). The Morgan fingerprint density at radius 2 is 2.33 bits per heavy atom. The lowest BCUT2D eigenvalue weighted by atomic mass is 9.85. The molecule has 0 fully saturated rings. The van der Waals surface area contributed by atoms with E-state index >= 15 is 0 Å². The maximum Gasteiger partial charge on any atom is 0.380 e. The van der Waals surface area contributed by atoms with Crippen molar-refractivity contribution in [1.82, 2.24) is 0 Å². The van der Waals surface area contributed by atoms with Crippen LogP contribution in [0, 0.1) is 0 Å². The van der Waals surface area contributed by atoms with Gasteiger partial charge in [0.25, 0.3) is 0 Å². The molecule has 0 aromatic carbocycles. The molecule has 86 valence electrons. The predicted octanol–water partition coefficient (Wildman–Crippen LogP) is 1.66. The number of esters is 1. The zero-order valence-corrected chi connectivity index (χ0v) is 8.50. The summed E-state index contributed by atoms with van der Waals surface area (Å²) in [6.45, 7) is 1.31. The first-order chi connectivity index (χ1) is 6.94. The highest BCUT2D eigenvalue weighted by atomic mass is 19.3. The molecular weight excluding hydrogens is 206 g/mol. The van der Waals surface area contributed by atoms with Crippen LogP contribution in [0.2, 0.25) is 0 Å². The third-order valence-electron chi connectivity index (χ3n) is 2.40. The van der Waals surface area contributed by atoms with Crippen LogP contribution >= 0.6 is 0 Å². The average Bonchev–Trinajstić information content (AvgIpc) is 2.19. The second kappa shape index (κ2) is 4.26. The first-order valence-corrected chi connectivity index (χ1v) is 4.89. The molecule has 1 atom stereocenters. The third kappa shape index (κ3) is 2.17. The molecule has 0 radical (unpaired) electrons. The van der Waals surface area contributed by atoms with E-state index < -0.39 is 17.5 Å². The van der Waals surface area contributed by atoms with E-state index in [1.165, 1.54) is 13.0 Å². The number of halogens is 2. The summed E-state index contributed by atoms with van der Waals surface area (Å²) < 4.78 is 31.2. The number of carbonyl (C=O) groups is 1. The minimum Gasteiger partial charge on any atom is -0.461 e. The van der Waals surface area contributed by atoms with Crippen LogP contribution in [0.5, 0.6) is 0 Å². The Kier molecular flexibility index (Phi) is 3.44. The van der Waals surface area contributed by atoms with Crippen LogP contribution in [0.25, 0.3) is 0 Å². The number of alkyl halides is 2. The van der Waals surface area contributed by atoms with Crippen molar-refractivity contribution in [2.45, 2.75) is 37.7 Å². The summed E-state index contributed by atoms with van der Waals surface area (Å²) in [5.41, 5.74) is -2.39. The lowest BCUT2D eigenvalue weighted by molar-refractivity contribution is -0.204. The molecule has 5 heteroatoms. The highest BCUT2D eigenvalue weighted by molar-refractivity contribution is 5.79. The largest absolute Gasteiger partial charge is 0.461 e. The van der Waals surface area contributed by atoms with Gasteiger partial charge in [-0.3, -0.25) is 0 Å². The molecule has 0 amide bonds. The summed E-state index contributed by atoms with van der Waals surface area (Å²) in [4.78, 5) is 11.0. The maximum absolute atomic E-state index is 13.5. The molecular formula is C10H14F2O3. The minimum absolute atomic E-state index is 0.130. The van der Waals surface area contributed by atoms with Crippen molar-refractivity contribution in [1.29, 1.82) is 0 Å². The Labute approximate surface area is 86.7 Å². The molecule has 15 heavy (non-hydrogen) atoms. The van der Waals surface area contributed by atoms with E-state index in [-0.39, 0.29) is 13.0 Å². The standard InChI is InChI=1S/C10H14F2O3/c1-2-15-8(13)10(11,12)9(14)6-4-3-5-7-9/h4,6,14H,2-3,5,7H2,1H3. The molecule has 1 aliphatic rings. The van der Waals surface area contributed by atoms with Crippen LogP contribution in [0.4, 0.5) is 8.78 Å². The zero-order valence-electron chi connectivity index (χ0n) is 8.50. The molecule has 1 N–H and O–H groups in total. The minimum atomic E-state index is -3.88. The molecule has 0 aromatic rings. The van der Waals surface area contributed by atoms with E-state index in [0.717, 1.165) is 6.08 Å². The van der Waals surface area contributed by atoms with Gasteiger partial charge in [0.15, 0.2) is 5.60 Å². The highest BCUT2D eigenvalue weighted by Gasteiger charge is 2.58. The summed E-state index contributed by atoms with van der Waals surface area (Å²) in [7, 11) is 0. The number of hydrogen-bond donors (Lipinski definition) is 1. The number of carbonyl (C=O) groups excluding carboxylic acids is 1. The van der Waals surface area contributed by atoms with Crippen LogP contribution in [-0.2, 0) is 9.53 Å². The first-order valence-electron chi connectivity index (χ1n) is 4.89. The van der Waals surface area contributed by atoms with Gasteiger partial charge >= 0.3 is 11.9 Å². The summed E-state index contributed by atoms with van der Waals surface area (Å²) in [6, 6.07) is 0. The normalized spacial score (nSPS) is 26.4. The van der Waals surface area contributed by atoms with Gasteiger partial charge in [-0.2, -0.15) is 8.78 Å². The number of ether oxygens (including phenoxy) is 1. The van der Waals surface area contributed by atoms with Gasteiger partial charge < -0.3 is 9.84 Å². The van der Waals surface area contributed by atoms with Crippen LogP contribution < -0.4 is 0 Å². The second-order valence-electron chi connectivity index (χ2n) is 3.51. The van der Waals surface area contributed by atoms with Crippen LogP contribution in [0.1, 0.15) is 26.2 Å². The summed E-state index contributed by atoms with van der Waals surface area (Å²) in [6.07, 6.45) is 3.39. The summed E-state index contributed by atoms with van der Waals surface area (Å²) in [5, 5.41) is 9.66. The van der Waals surface area contributed by atoms with Crippen molar-refractivity contribution in [3.63, 3.8) is 0 Å². The number of aliphatic hydroxyl groups is 1. The Balaban J connectivity index is 2.87. The van der Waals surface area contributed by atoms with Gasteiger partial charge in [0.05, 0.1) is 6.61 Å². The van der Waals surface area contributed by atoms with E-state index in [0.29, 0.717) is 12.8 Å². The number of allylic oxidation sites excluding steroid dienone is 1. The second-order valence-corrected chi connectivity index (χ2v) is 3.51. The van der Waals surface area contributed by atoms with Crippen LogP contribution in [0.15, 0.2) is 12.2 Å². The predicted molar refractivity (Wildman–Crippen MR) is 49.5 cm³/mol. The quantitative estimate of drug-likeness (QED) is 0.581. The fraction of sp³-hybridized carbons (Fsp3) is 0.700. The van der Waals surface area contributed by atoms with Gasteiger partial charge in [-0.15, -0.1) is 0 Å². The molecule has 0 saturated heterocycles. The Morgan fingerprint density at radius 3 is 2.80 bits per heavy atom. The van der Waals surface area contributed by atoms with E-state index in [1.54, 1.807) is 0 Å². The third-order valence-corrected chi connectivity index (χ3v) is 2.40. The van der Waals surface area contributed by atoms with Crippen molar-refractivity contribution < 1.29 is 23.4 Å². The zero-order chi connectivity index (χ0) is 11.5. The number of rotatable bonds is 3. The van der Waals surface area contributed by atoms with Gasteiger partial charge in [-0.25, -0.2) is 4.79 Å². The van der Waals surface area contributed by atoms with Gasteiger partial charge in [0.1, 0.15) is 0 Å². The van der Waals surface area contributed by atoms with Gasteiger partial charge in [-0.1, -0.05) is 12.2 Å².